The SMILES string of the molecule is CCCCOC(=O)CC(=O)O.[Na]. The zero-order valence-corrected chi connectivity index (χ0v) is 9.50. The maximum atomic E-state index is 10.5. The van der Waals surface area contributed by atoms with Crippen LogP contribution in [-0.2, 0) is 14.3 Å². The summed E-state index contributed by atoms with van der Waals surface area (Å²) >= 11 is 0. The van der Waals surface area contributed by atoms with Crippen molar-refractivity contribution in [2.45, 2.75) is 26.2 Å². The van der Waals surface area contributed by atoms with Crippen molar-refractivity contribution in [1.82, 2.24) is 0 Å². The van der Waals surface area contributed by atoms with Crippen molar-refractivity contribution in [3.05, 3.63) is 0 Å². The molecule has 12 heavy (non-hydrogen) atoms. The Morgan fingerprint density at radius 3 is 2.42 bits per heavy atom. The first-order chi connectivity index (χ1) is 5.16. The summed E-state index contributed by atoms with van der Waals surface area (Å²) in [7, 11) is 0. The van der Waals surface area contributed by atoms with Gasteiger partial charge in [0.15, 0.2) is 0 Å². The first-order valence-corrected chi connectivity index (χ1v) is 3.54. The Hall–Kier alpha value is -0.0600. The molecule has 0 atom stereocenters. The summed E-state index contributed by atoms with van der Waals surface area (Å²) in [6, 6.07) is 0. The topological polar surface area (TPSA) is 63.6 Å². The molecule has 5 heteroatoms. The number of ether oxygens (including phenoxy) is 1. The summed E-state index contributed by atoms with van der Waals surface area (Å²) in [4.78, 5) is 20.5. The standard InChI is InChI=1S/C7H12O4.Na/c1-2-3-4-11-7(10)5-6(8)9;/h2-5H2,1H3,(H,8,9);. The van der Waals surface area contributed by atoms with E-state index in [4.69, 9.17) is 5.11 Å². The molecule has 0 aromatic carbocycles. The van der Waals surface area contributed by atoms with Crippen LogP contribution < -0.4 is 0 Å². The van der Waals surface area contributed by atoms with Gasteiger partial charge in [-0.05, 0) is 6.42 Å². The molecular weight excluding hydrogens is 171 g/mol. The summed E-state index contributed by atoms with van der Waals surface area (Å²) in [5.74, 6) is -1.81. The maximum absolute atomic E-state index is 10.5. The molecule has 0 spiro atoms. The van der Waals surface area contributed by atoms with Crippen molar-refractivity contribution < 1.29 is 19.4 Å². The minimum atomic E-state index is -1.15. The molecule has 0 saturated carbocycles. The largest absolute Gasteiger partial charge is 0.481 e. The van der Waals surface area contributed by atoms with E-state index in [0.717, 1.165) is 12.8 Å². The van der Waals surface area contributed by atoms with Gasteiger partial charge in [-0.1, -0.05) is 13.3 Å². The van der Waals surface area contributed by atoms with Crippen LogP contribution in [0.2, 0.25) is 0 Å². The van der Waals surface area contributed by atoms with Crippen molar-refractivity contribution >= 4 is 41.5 Å². The van der Waals surface area contributed by atoms with Gasteiger partial charge in [0.1, 0.15) is 6.42 Å². The molecule has 0 saturated heterocycles. The third-order valence-corrected chi connectivity index (χ3v) is 1.06. The minimum absolute atomic E-state index is 0. The van der Waals surface area contributed by atoms with Crippen LogP contribution in [0, 0.1) is 0 Å². The number of aliphatic carboxylic acids is 1. The van der Waals surface area contributed by atoms with Crippen LogP contribution in [0.5, 0.6) is 0 Å². The van der Waals surface area contributed by atoms with Crippen LogP contribution in [0.15, 0.2) is 0 Å². The van der Waals surface area contributed by atoms with Gasteiger partial charge in [-0.25, -0.2) is 0 Å². The second-order valence-electron chi connectivity index (χ2n) is 2.14. The molecule has 0 aliphatic rings. The van der Waals surface area contributed by atoms with E-state index in [1.165, 1.54) is 0 Å². The molecule has 65 valence electrons. The summed E-state index contributed by atoms with van der Waals surface area (Å²) in [5, 5.41) is 8.14. The molecule has 0 heterocycles. The fraction of sp³-hybridized carbons (Fsp3) is 0.714. The van der Waals surface area contributed by atoms with E-state index in [9.17, 15) is 9.59 Å². The smallest absolute Gasteiger partial charge is 0.317 e. The van der Waals surface area contributed by atoms with Crippen LogP contribution >= 0.6 is 0 Å². The average Bonchev–Trinajstić information content (AvgIpc) is 1.86. The Morgan fingerprint density at radius 1 is 1.42 bits per heavy atom. The van der Waals surface area contributed by atoms with Gasteiger partial charge >= 0.3 is 11.9 Å². The molecule has 0 aliphatic carbocycles. The van der Waals surface area contributed by atoms with E-state index >= 15 is 0 Å². The van der Waals surface area contributed by atoms with E-state index in [0.29, 0.717) is 6.61 Å². The molecule has 0 fully saturated rings. The third kappa shape index (κ3) is 9.94. The van der Waals surface area contributed by atoms with Crippen molar-refractivity contribution in [3.8, 4) is 0 Å². The number of carboxylic acids is 1. The number of hydrogen-bond donors (Lipinski definition) is 1. The molecule has 0 aliphatic heterocycles. The second-order valence-corrected chi connectivity index (χ2v) is 2.14. The van der Waals surface area contributed by atoms with Crippen LogP contribution in [0.25, 0.3) is 0 Å². The first kappa shape index (κ1) is 14.5. The number of rotatable bonds is 5. The van der Waals surface area contributed by atoms with Crippen molar-refractivity contribution in [2.75, 3.05) is 6.61 Å². The molecule has 0 aromatic rings. The number of unbranched alkanes of at least 4 members (excludes halogenated alkanes) is 1. The Kier molecular flexibility index (Phi) is 10.9. The summed E-state index contributed by atoms with van der Waals surface area (Å²) in [5.41, 5.74) is 0. The Labute approximate surface area is 93.6 Å². The van der Waals surface area contributed by atoms with Gasteiger partial charge in [-0.2, -0.15) is 0 Å². The number of carbonyl (C=O) groups is 2. The Balaban J connectivity index is 0. The van der Waals surface area contributed by atoms with Gasteiger partial charge < -0.3 is 9.84 Å². The van der Waals surface area contributed by atoms with Crippen molar-refractivity contribution in [1.29, 1.82) is 0 Å². The van der Waals surface area contributed by atoms with Gasteiger partial charge in [0, 0.05) is 29.6 Å². The van der Waals surface area contributed by atoms with E-state index in [1.54, 1.807) is 0 Å². The minimum Gasteiger partial charge on any atom is -0.481 e. The first-order valence-electron chi connectivity index (χ1n) is 3.54. The number of hydrogen-bond acceptors (Lipinski definition) is 3. The van der Waals surface area contributed by atoms with E-state index in [2.05, 4.69) is 4.74 Å². The normalized spacial score (nSPS) is 8.42. The van der Waals surface area contributed by atoms with Crippen LogP contribution in [0.3, 0.4) is 0 Å². The van der Waals surface area contributed by atoms with Crippen molar-refractivity contribution in [2.24, 2.45) is 0 Å². The van der Waals surface area contributed by atoms with Crippen LogP contribution in [0.1, 0.15) is 26.2 Å². The van der Waals surface area contributed by atoms with Crippen LogP contribution in [-0.4, -0.2) is 53.2 Å². The quantitative estimate of drug-likeness (QED) is 0.290. The Morgan fingerprint density at radius 2 is 2.00 bits per heavy atom. The zero-order chi connectivity index (χ0) is 8.69. The predicted molar refractivity (Wildman–Crippen MR) is 43.9 cm³/mol. The molecule has 0 rings (SSSR count). The van der Waals surface area contributed by atoms with E-state index in [-0.39, 0.29) is 29.6 Å². The Bertz CT molecular complexity index is 146. The fourth-order valence-electron chi connectivity index (χ4n) is 0.505. The molecule has 0 amide bonds. The molecule has 0 unspecified atom stereocenters. The summed E-state index contributed by atoms with van der Waals surface area (Å²) in [6.07, 6.45) is 1.18. The maximum Gasteiger partial charge on any atom is 0.317 e. The fourth-order valence-corrected chi connectivity index (χ4v) is 0.505. The number of esters is 1. The van der Waals surface area contributed by atoms with Gasteiger partial charge in [0.05, 0.1) is 6.61 Å². The monoisotopic (exact) mass is 183 g/mol. The molecular formula is C7H12NaO4. The molecule has 1 radical (unpaired) electrons. The zero-order valence-electron chi connectivity index (χ0n) is 7.50. The second kappa shape index (κ2) is 9.03. The number of carbonyl (C=O) groups excluding carboxylic acids is 1. The van der Waals surface area contributed by atoms with Gasteiger partial charge in [-0.3, -0.25) is 9.59 Å². The van der Waals surface area contributed by atoms with Gasteiger partial charge in [0.25, 0.3) is 0 Å². The van der Waals surface area contributed by atoms with Gasteiger partial charge in [-0.15, -0.1) is 0 Å². The molecule has 0 aromatic heterocycles. The summed E-state index contributed by atoms with van der Waals surface area (Å²) in [6.45, 7) is 2.29. The molecule has 0 bridgehead atoms. The number of carboxylic acid groups (broad SMARTS) is 1. The van der Waals surface area contributed by atoms with E-state index < -0.39 is 18.4 Å². The van der Waals surface area contributed by atoms with Crippen molar-refractivity contribution in [3.63, 3.8) is 0 Å². The molecule has 1 N–H and O–H groups in total. The average molecular weight is 183 g/mol. The third-order valence-electron chi connectivity index (χ3n) is 1.06. The summed E-state index contributed by atoms with van der Waals surface area (Å²) < 4.78 is 4.57. The molecule has 4 nitrogen and oxygen atoms in total. The van der Waals surface area contributed by atoms with E-state index in [1.807, 2.05) is 6.92 Å². The van der Waals surface area contributed by atoms with Gasteiger partial charge in [0.2, 0.25) is 0 Å². The predicted octanol–water partition coefficient (Wildman–Crippen LogP) is 0.424. The van der Waals surface area contributed by atoms with Crippen LogP contribution in [0.4, 0.5) is 0 Å².